The molecule has 2 aromatic rings. The number of rotatable bonds is 5. The molecule has 2 aliphatic rings. The fourth-order valence-corrected chi connectivity index (χ4v) is 4.95. The molecule has 2 aromatic carbocycles. The van der Waals surface area contributed by atoms with Crippen molar-refractivity contribution in [2.75, 3.05) is 0 Å². The highest BCUT2D eigenvalue weighted by Crippen LogP contribution is 2.46. The highest BCUT2D eigenvalue weighted by Gasteiger charge is 2.33. The van der Waals surface area contributed by atoms with Crippen molar-refractivity contribution in [1.29, 1.82) is 0 Å². The van der Waals surface area contributed by atoms with E-state index in [0.717, 1.165) is 36.1 Å². The zero-order valence-corrected chi connectivity index (χ0v) is 21.1. The van der Waals surface area contributed by atoms with Gasteiger partial charge >= 0.3 is 0 Å². The number of hydrogen-bond donors (Lipinski definition) is 1. The molecule has 2 aliphatic carbocycles. The average molecular weight is 478 g/mol. The second-order valence-corrected chi connectivity index (χ2v) is 9.01. The van der Waals surface area contributed by atoms with Crippen LogP contribution in [0.15, 0.2) is 90.6 Å². The van der Waals surface area contributed by atoms with Gasteiger partial charge in [-0.25, -0.2) is 8.78 Å². The Morgan fingerprint density at radius 1 is 1.11 bits per heavy atom. The number of nitrogens with two attached hydrogens (primary N) is 1. The summed E-state index contributed by atoms with van der Waals surface area (Å²) in [5, 5.41) is 0. The summed E-state index contributed by atoms with van der Waals surface area (Å²) >= 11 is 0. The highest BCUT2D eigenvalue weighted by molar-refractivity contribution is 5.94. The molecular weight excluding hydrogens is 440 g/mol. The van der Waals surface area contributed by atoms with Crippen molar-refractivity contribution < 1.29 is 13.6 Å². The van der Waals surface area contributed by atoms with Gasteiger partial charge in [-0.1, -0.05) is 48.1 Å². The maximum Gasteiger partial charge on any atom is 0.248 e. The Morgan fingerprint density at radius 2 is 1.83 bits per heavy atom. The lowest BCUT2D eigenvalue weighted by atomic mass is 9.79. The van der Waals surface area contributed by atoms with Crippen LogP contribution in [-0.4, -0.2) is 5.91 Å². The van der Waals surface area contributed by atoms with Gasteiger partial charge in [-0.3, -0.25) is 4.79 Å². The molecule has 0 radical (unpaired) electrons. The van der Waals surface area contributed by atoms with Crippen molar-refractivity contribution in [3.8, 4) is 0 Å². The SMILES string of the molecule is C/C=C\C1=C(C)C=C2CCC(CCc3ccccc3C(N)=O)C2C1.C=C.Cc1ccc(F)c(F)c1. The summed E-state index contributed by atoms with van der Waals surface area (Å²) in [4.78, 5) is 11.6. The molecule has 0 spiro atoms. The van der Waals surface area contributed by atoms with E-state index in [9.17, 15) is 13.6 Å². The standard InChI is InChI=1S/C22H27NO.C7H6F2.C2H4/c1-3-6-18-14-21-17(11-12-19(21)13-15(18)2)10-9-16-7-4-5-8-20(16)22(23)24;1-5-2-3-6(8)7(9)4-5;1-2/h3-8,13,17,21H,9-12,14H2,1-2H3,(H2,23,24);2-4H,1H3;1-2H2/b6-3-;;. The average Bonchev–Trinajstić information content (AvgIpc) is 3.24. The number of amides is 1. The Morgan fingerprint density at radius 3 is 2.46 bits per heavy atom. The Labute approximate surface area is 208 Å². The van der Waals surface area contributed by atoms with E-state index >= 15 is 0 Å². The zero-order valence-electron chi connectivity index (χ0n) is 21.1. The monoisotopic (exact) mass is 477 g/mol. The van der Waals surface area contributed by atoms with Crippen LogP contribution in [0.4, 0.5) is 8.78 Å². The van der Waals surface area contributed by atoms with Crippen molar-refractivity contribution >= 4 is 5.91 Å². The summed E-state index contributed by atoms with van der Waals surface area (Å²) < 4.78 is 24.3. The van der Waals surface area contributed by atoms with Crippen LogP contribution in [0.3, 0.4) is 0 Å². The van der Waals surface area contributed by atoms with Gasteiger partial charge in [0.05, 0.1) is 0 Å². The number of carbonyl (C=O) groups excluding carboxylic acids is 1. The third kappa shape index (κ3) is 7.61. The van der Waals surface area contributed by atoms with E-state index in [-0.39, 0.29) is 5.91 Å². The minimum absolute atomic E-state index is 0.316. The number of allylic oxidation sites excluding steroid dienone is 6. The Bertz CT molecular complexity index is 1110. The van der Waals surface area contributed by atoms with E-state index in [1.165, 1.54) is 36.5 Å². The second-order valence-electron chi connectivity index (χ2n) is 9.01. The van der Waals surface area contributed by atoms with Crippen molar-refractivity contribution in [3.63, 3.8) is 0 Å². The van der Waals surface area contributed by atoms with Crippen molar-refractivity contribution in [2.24, 2.45) is 17.6 Å². The molecular formula is C31H37F2NO. The van der Waals surface area contributed by atoms with Crippen molar-refractivity contribution in [3.05, 3.63) is 119 Å². The molecule has 186 valence electrons. The van der Waals surface area contributed by atoms with Crippen LogP contribution in [0.5, 0.6) is 0 Å². The maximum atomic E-state index is 12.2. The van der Waals surface area contributed by atoms with Gasteiger partial charge in [0.1, 0.15) is 0 Å². The normalized spacial score (nSPS) is 18.7. The summed E-state index contributed by atoms with van der Waals surface area (Å²) in [5.41, 5.74) is 12.6. The molecule has 2 nitrogen and oxygen atoms in total. The molecule has 0 heterocycles. The van der Waals surface area contributed by atoms with Gasteiger partial charge in [-0.2, -0.15) is 0 Å². The quantitative estimate of drug-likeness (QED) is 0.435. The van der Waals surface area contributed by atoms with Crippen molar-refractivity contribution in [1.82, 2.24) is 0 Å². The van der Waals surface area contributed by atoms with Crippen molar-refractivity contribution in [2.45, 2.75) is 52.9 Å². The number of hydrogen-bond acceptors (Lipinski definition) is 1. The van der Waals surface area contributed by atoms with Crippen LogP contribution in [0, 0.1) is 30.4 Å². The molecule has 0 aliphatic heterocycles. The maximum absolute atomic E-state index is 12.2. The number of fused-ring (bicyclic) bond motifs is 1. The molecule has 4 heteroatoms. The first-order valence-corrected chi connectivity index (χ1v) is 12.1. The fraction of sp³-hybridized carbons (Fsp3) is 0.323. The van der Waals surface area contributed by atoms with Crippen LogP contribution in [0.25, 0.3) is 0 Å². The number of carbonyl (C=O) groups is 1. The summed E-state index contributed by atoms with van der Waals surface area (Å²) in [6.07, 6.45) is 12.6. The van der Waals surface area contributed by atoms with Crippen LogP contribution in [-0.2, 0) is 6.42 Å². The van der Waals surface area contributed by atoms with Crippen LogP contribution >= 0.6 is 0 Å². The topological polar surface area (TPSA) is 43.1 Å². The Kier molecular flexibility index (Phi) is 10.8. The van der Waals surface area contributed by atoms with Crippen LogP contribution in [0.1, 0.15) is 61.0 Å². The largest absolute Gasteiger partial charge is 0.366 e. The third-order valence-corrected chi connectivity index (χ3v) is 6.71. The molecule has 4 rings (SSSR count). The molecule has 0 saturated heterocycles. The first kappa shape index (κ1) is 28.0. The predicted octanol–water partition coefficient (Wildman–Crippen LogP) is 8.04. The van der Waals surface area contributed by atoms with Gasteiger partial charge in [0.25, 0.3) is 0 Å². The highest BCUT2D eigenvalue weighted by atomic mass is 19.2. The Hall–Kier alpha value is -3.27. The smallest absolute Gasteiger partial charge is 0.248 e. The van der Waals surface area contributed by atoms with Crippen LogP contribution in [0.2, 0.25) is 0 Å². The van der Waals surface area contributed by atoms with E-state index in [1.54, 1.807) is 12.5 Å². The van der Waals surface area contributed by atoms with E-state index in [4.69, 9.17) is 5.73 Å². The van der Waals surface area contributed by atoms with E-state index in [1.807, 2.05) is 24.3 Å². The Balaban J connectivity index is 0.000000329. The number of primary amides is 1. The lowest BCUT2D eigenvalue weighted by Crippen LogP contribution is -2.16. The molecule has 0 aromatic heterocycles. The molecule has 2 N–H and O–H groups in total. The molecule has 2 unspecified atom stereocenters. The van der Waals surface area contributed by atoms with Gasteiger partial charge in [0.2, 0.25) is 5.91 Å². The molecule has 35 heavy (non-hydrogen) atoms. The summed E-state index contributed by atoms with van der Waals surface area (Å²) in [5.74, 6) is -0.494. The number of benzene rings is 2. The van der Waals surface area contributed by atoms with Gasteiger partial charge in [-0.15, -0.1) is 13.2 Å². The first-order chi connectivity index (χ1) is 16.8. The van der Waals surface area contributed by atoms with Gasteiger partial charge in [0.15, 0.2) is 11.6 Å². The van der Waals surface area contributed by atoms with E-state index < -0.39 is 11.6 Å². The van der Waals surface area contributed by atoms with Gasteiger partial charge in [0, 0.05) is 5.56 Å². The zero-order chi connectivity index (χ0) is 26.0. The molecule has 0 bridgehead atoms. The third-order valence-electron chi connectivity index (χ3n) is 6.71. The number of halogens is 2. The fourth-order valence-electron chi connectivity index (χ4n) is 4.95. The molecule has 1 saturated carbocycles. The summed E-state index contributed by atoms with van der Waals surface area (Å²) in [7, 11) is 0. The van der Waals surface area contributed by atoms with Gasteiger partial charge in [-0.05, 0) is 105 Å². The lowest BCUT2D eigenvalue weighted by Gasteiger charge is -2.26. The second kappa shape index (κ2) is 13.6. The van der Waals surface area contributed by atoms with E-state index in [0.29, 0.717) is 17.4 Å². The summed E-state index contributed by atoms with van der Waals surface area (Å²) in [6.45, 7) is 12.0. The summed E-state index contributed by atoms with van der Waals surface area (Å²) in [6, 6.07) is 11.6. The molecule has 1 fully saturated rings. The molecule has 2 atom stereocenters. The molecule has 1 amide bonds. The predicted molar refractivity (Wildman–Crippen MR) is 142 cm³/mol. The minimum Gasteiger partial charge on any atom is -0.366 e. The van der Waals surface area contributed by atoms with E-state index in [2.05, 4.69) is 45.2 Å². The first-order valence-electron chi connectivity index (χ1n) is 12.1. The lowest BCUT2D eigenvalue weighted by molar-refractivity contribution is 0.0999. The van der Waals surface area contributed by atoms with Crippen LogP contribution < -0.4 is 5.73 Å². The number of aryl methyl sites for hydroxylation is 2. The van der Waals surface area contributed by atoms with Gasteiger partial charge < -0.3 is 5.73 Å². The minimum atomic E-state index is -0.791.